The van der Waals surface area contributed by atoms with Crippen molar-refractivity contribution in [3.63, 3.8) is 0 Å². The molecule has 3 atom stereocenters. The molecule has 1 aromatic carbocycles. The monoisotopic (exact) mass is 302 g/mol. The lowest BCUT2D eigenvalue weighted by atomic mass is 9.77. The van der Waals surface area contributed by atoms with Crippen molar-refractivity contribution in [2.24, 2.45) is 5.92 Å². The number of hydrogen-bond donors (Lipinski definition) is 2. The lowest BCUT2D eigenvalue weighted by molar-refractivity contribution is -0.145. The molecule has 1 aromatic rings. The zero-order chi connectivity index (χ0) is 15.9. The predicted octanol–water partition coefficient (Wildman–Crippen LogP) is 1.77. The average Bonchev–Trinajstić information content (AvgIpc) is 2.76. The van der Waals surface area contributed by atoms with Crippen molar-refractivity contribution in [3.05, 3.63) is 35.4 Å². The first-order valence-electron chi connectivity index (χ1n) is 7.79. The van der Waals surface area contributed by atoms with E-state index in [-0.39, 0.29) is 23.8 Å². The molecule has 1 aliphatic carbocycles. The number of hydrogen-bond acceptors (Lipinski definition) is 3. The highest BCUT2D eigenvalue weighted by Crippen LogP contribution is 2.41. The number of carbonyl (C=O) groups excluding carboxylic acids is 2. The molecule has 0 radical (unpaired) electrons. The zero-order valence-electron chi connectivity index (χ0n) is 13.0. The van der Waals surface area contributed by atoms with Gasteiger partial charge in [-0.1, -0.05) is 29.8 Å². The highest BCUT2D eigenvalue weighted by atomic mass is 16.5. The van der Waals surface area contributed by atoms with Gasteiger partial charge in [0.15, 0.2) is 0 Å². The van der Waals surface area contributed by atoms with Crippen molar-refractivity contribution in [2.75, 3.05) is 6.54 Å². The molecule has 1 saturated heterocycles. The van der Waals surface area contributed by atoms with Crippen molar-refractivity contribution < 1.29 is 14.8 Å². The van der Waals surface area contributed by atoms with E-state index < -0.39 is 5.41 Å². The highest BCUT2D eigenvalue weighted by Gasteiger charge is 2.51. The second kappa shape index (κ2) is 5.39. The van der Waals surface area contributed by atoms with Crippen LogP contribution in [0.2, 0.25) is 0 Å². The van der Waals surface area contributed by atoms with E-state index in [1.165, 1.54) is 5.56 Å². The first kappa shape index (κ1) is 15.0. The van der Waals surface area contributed by atoms with Gasteiger partial charge in [0.1, 0.15) is 0 Å². The van der Waals surface area contributed by atoms with Gasteiger partial charge in [0.05, 0.1) is 11.3 Å². The van der Waals surface area contributed by atoms with Crippen LogP contribution in [0.5, 0.6) is 0 Å². The number of benzene rings is 1. The SMILES string of the molecule is Cc1ccc(C2(C)CCN(C3CCC3C(=O)NO)C2=O)cc1. The Kier molecular flexibility index (Phi) is 3.68. The molecule has 5 nitrogen and oxygen atoms in total. The van der Waals surface area contributed by atoms with Crippen LogP contribution in [0.3, 0.4) is 0 Å². The van der Waals surface area contributed by atoms with Gasteiger partial charge >= 0.3 is 0 Å². The van der Waals surface area contributed by atoms with Gasteiger partial charge in [0, 0.05) is 12.6 Å². The van der Waals surface area contributed by atoms with Crippen LogP contribution in [-0.4, -0.2) is 34.5 Å². The van der Waals surface area contributed by atoms with Crippen LogP contribution < -0.4 is 5.48 Å². The predicted molar refractivity (Wildman–Crippen MR) is 81.3 cm³/mol. The number of rotatable bonds is 3. The summed E-state index contributed by atoms with van der Waals surface area (Å²) in [4.78, 5) is 26.4. The maximum absolute atomic E-state index is 12.9. The number of nitrogens with zero attached hydrogens (tertiary/aromatic N) is 1. The highest BCUT2D eigenvalue weighted by molar-refractivity contribution is 5.91. The Hall–Kier alpha value is -1.88. The Morgan fingerprint density at radius 3 is 2.55 bits per heavy atom. The van der Waals surface area contributed by atoms with Crippen LogP contribution in [0.4, 0.5) is 0 Å². The van der Waals surface area contributed by atoms with Gasteiger partial charge in [-0.3, -0.25) is 14.8 Å². The Labute approximate surface area is 130 Å². The smallest absolute Gasteiger partial charge is 0.248 e. The molecule has 0 spiro atoms. The van der Waals surface area contributed by atoms with Crippen LogP contribution in [0, 0.1) is 12.8 Å². The van der Waals surface area contributed by atoms with Crippen LogP contribution in [0.1, 0.15) is 37.3 Å². The summed E-state index contributed by atoms with van der Waals surface area (Å²) in [5, 5.41) is 8.80. The van der Waals surface area contributed by atoms with E-state index in [2.05, 4.69) is 0 Å². The molecular weight excluding hydrogens is 280 g/mol. The van der Waals surface area contributed by atoms with Gasteiger partial charge in [-0.05, 0) is 38.7 Å². The molecule has 3 rings (SSSR count). The molecule has 1 heterocycles. The van der Waals surface area contributed by atoms with Crippen molar-refractivity contribution in [1.82, 2.24) is 10.4 Å². The van der Waals surface area contributed by atoms with Crippen LogP contribution in [0.15, 0.2) is 24.3 Å². The third kappa shape index (κ3) is 2.20. The molecular formula is C17H22N2O3. The number of aryl methyl sites for hydroxylation is 1. The van der Waals surface area contributed by atoms with E-state index in [9.17, 15) is 9.59 Å². The molecule has 3 unspecified atom stereocenters. The Morgan fingerprint density at radius 2 is 2.00 bits per heavy atom. The third-order valence-corrected chi connectivity index (χ3v) is 5.36. The van der Waals surface area contributed by atoms with Crippen molar-refractivity contribution in [1.29, 1.82) is 0 Å². The lowest BCUT2D eigenvalue weighted by Gasteiger charge is -2.41. The molecule has 2 N–H and O–H groups in total. The lowest BCUT2D eigenvalue weighted by Crippen LogP contribution is -2.54. The summed E-state index contributed by atoms with van der Waals surface area (Å²) in [6.45, 7) is 4.68. The average molecular weight is 302 g/mol. The van der Waals surface area contributed by atoms with Crippen LogP contribution in [-0.2, 0) is 15.0 Å². The van der Waals surface area contributed by atoms with Crippen LogP contribution >= 0.6 is 0 Å². The maximum Gasteiger partial charge on any atom is 0.248 e. The van der Waals surface area contributed by atoms with Gasteiger partial charge < -0.3 is 4.90 Å². The zero-order valence-corrected chi connectivity index (χ0v) is 13.0. The van der Waals surface area contributed by atoms with E-state index >= 15 is 0 Å². The number of likely N-dealkylation sites (tertiary alicyclic amines) is 1. The second-order valence-electron chi connectivity index (χ2n) is 6.67. The van der Waals surface area contributed by atoms with Gasteiger partial charge in [0.25, 0.3) is 0 Å². The molecule has 0 aromatic heterocycles. The first-order chi connectivity index (χ1) is 10.5. The number of nitrogens with one attached hydrogen (secondary N) is 1. The van der Waals surface area contributed by atoms with E-state index in [1.54, 1.807) is 5.48 Å². The molecule has 2 aliphatic rings. The molecule has 118 valence electrons. The summed E-state index contributed by atoms with van der Waals surface area (Å²) in [6, 6.07) is 8.03. The van der Waals surface area contributed by atoms with Gasteiger partial charge in [-0.15, -0.1) is 0 Å². The van der Waals surface area contributed by atoms with Crippen molar-refractivity contribution >= 4 is 11.8 Å². The quantitative estimate of drug-likeness (QED) is 0.660. The fourth-order valence-corrected chi connectivity index (χ4v) is 3.62. The van der Waals surface area contributed by atoms with Crippen LogP contribution in [0.25, 0.3) is 0 Å². The van der Waals surface area contributed by atoms with E-state index in [1.807, 2.05) is 43.0 Å². The normalized spacial score (nSPS) is 31.0. The Bertz CT molecular complexity index is 598. The summed E-state index contributed by atoms with van der Waals surface area (Å²) in [7, 11) is 0. The summed E-state index contributed by atoms with van der Waals surface area (Å²) in [5.41, 5.74) is 3.42. The fraction of sp³-hybridized carbons (Fsp3) is 0.529. The molecule has 22 heavy (non-hydrogen) atoms. The van der Waals surface area contributed by atoms with Gasteiger partial charge in [-0.25, -0.2) is 5.48 Å². The molecule has 2 amide bonds. The van der Waals surface area contributed by atoms with E-state index in [0.29, 0.717) is 6.54 Å². The minimum Gasteiger partial charge on any atom is -0.338 e. The van der Waals surface area contributed by atoms with Gasteiger partial charge in [-0.2, -0.15) is 0 Å². The summed E-state index contributed by atoms with van der Waals surface area (Å²) in [6.07, 6.45) is 2.31. The summed E-state index contributed by atoms with van der Waals surface area (Å²) < 4.78 is 0. The van der Waals surface area contributed by atoms with Crippen molar-refractivity contribution in [2.45, 2.75) is 44.6 Å². The molecule has 1 saturated carbocycles. The number of carbonyl (C=O) groups is 2. The van der Waals surface area contributed by atoms with E-state index in [4.69, 9.17) is 5.21 Å². The topological polar surface area (TPSA) is 69.6 Å². The molecule has 1 aliphatic heterocycles. The minimum absolute atomic E-state index is 0.0769. The third-order valence-electron chi connectivity index (χ3n) is 5.36. The standard InChI is InChI=1S/C17H22N2O3/c1-11-3-5-12(6-4-11)17(2)9-10-19(16(17)21)14-8-7-13(14)15(20)18-22/h3-6,13-14,22H,7-10H2,1-2H3,(H,18,20). The largest absolute Gasteiger partial charge is 0.338 e. The first-order valence-corrected chi connectivity index (χ1v) is 7.79. The van der Waals surface area contributed by atoms with Crippen molar-refractivity contribution in [3.8, 4) is 0 Å². The molecule has 5 heteroatoms. The minimum atomic E-state index is -0.510. The Morgan fingerprint density at radius 1 is 1.32 bits per heavy atom. The van der Waals surface area contributed by atoms with E-state index in [0.717, 1.165) is 24.8 Å². The fourth-order valence-electron chi connectivity index (χ4n) is 3.62. The second-order valence-corrected chi connectivity index (χ2v) is 6.67. The Balaban J connectivity index is 1.80. The maximum atomic E-state index is 12.9. The summed E-state index contributed by atoms with van der Waals surface area (Å²) >= 11 is 0. The number of amides is 2. The molecule has 2 fully saturated rings. The summed E-state index contributed by atoms with van der Waals surface area (Å²) in [5.74, 6) is -0.570. The number of hydroxylamine groups is 1. The van der Waals surface area contributed by atoms with Gasteiger partial charge in [0.2, 0.25) is 11.8 Å². The molecule has 0 bridgehead atoms.